The second-order valence-electron chi connectivity index (χ2n) is 7.55. The van der Waals surface area contributed by atoms with Crippen LogP contribution in [0.15, 0.2) is 24.3 Å². The monoisotopic (exact) mass is 359 g/mol. The zero-order chi connectivity index (χ0) is 17.5. The highest BCUT2D eigenvalue weighted by atomic mass is 32.1. The molecule has 3 nitrogen and oxygen atoms in total. The number of aryl methyl sites for hydroxylation is 1. The van der Waals surface area contributed by atoms with E-state index in [1.54, 1.807) is 0 Å². The van der Waals surface area contributed by atoms with Gasteiger partial charge in [-0.15, -0.1) is 0 Å². The van der Waals surface area contributed by atoms with Crippen LogP contribution < -0.4 is 5.32 Å². The molecule has 1 aromatic carbocycles. The summed E-state index contributed by atoms with van der Waals surface area (Å²) in [6, 6.07) is 9.60. The molecule has 0 unspecified atom stereocenters. The Kier molecular flexibility index (Phi) is 7.12. The molecule has 1 N–H and O–H groups in total. The zero-order valence-corrected chi connectivity index (χ0v) is 16.5. The second-order valence-corrected chi connectivity index (χ2v) is 7.93. The van der Waals surface area contributed by atoms with E-state index in [9.17, 15) is 0 Å². The minimum absolute atomic E-state index is 0.827. The number of piperazine rings is 1. The SMILES string of the molecule is CCCCc1ccc(NC(=S)N2CCN(C3CCCCC3)CC2)cc1. The van der Waals surface area contributed by atoms with E-state index in [-0.39, 0.29) is 0 Å². The Morgan fingerprint density at radius 1 is 1.04 bits per heavy atom. The number of thiocarbonyl (C=S) groups is 1. The molecule has 2 fully saturated rings. The summed E-state index contributed by atoms with van der Waals surface area (Å²) in [4.78, 5) is 5.03. The maximum atomic E-state index is 5.65. The molecular weight excluding hydrogens is 326 g/mol. The molecule has 0 radical (unpaired) electrons. The first-order valence-electron chi connectivity index (χ1n) is 10.1. The molecule has 0 aromatic heterocycles. The van der Waals surface area contributed by atoms with E-state index in [0.717, 1.165) is 43.0 Å². The van der Waals surface area contributed by atoms with Gasteiger partial charge in [-0.3, -0.25) is 4.90 Å². The van der Waals surface area contributed by atoms with E-state index in [1.165, 1.54) is 56.9 Å². The van der Waals surface area contributed by atoms with Gasteiger partial charge in [0.15, 0.2) is 5.11 Å². The van der Waals surface area contributed by atoms with Crippen molar-refractivity contribution in [3.8, 4) is 0 Å². The van der Waals surface area contributed by atoms with Crippen LogP contribution in [0.1, 0.15) is 57.4 Å². The number of hydrogen-bond donors (Lipinski definition) is 1. The Morgan fingerprint density at radius 2 is 1.72 bits per heavy atom. The Labute approximate surface area is 158 Å². The first-order chi connectivity index (χ1) is 12.3. The summed E-state index contributed by atoms with van der Waals surface area (Å²) in [5.41, 5.74) is 2.53. The third-order valence-corrected chi connectivity index (χ3v) is 6.08. The molecule has 25 heavy (non-hydrogen) atoms. The number of benzene rings is 1. The molecule has 0 spiro atoms. The number of nitrogens with one attached hydrogen (secondary N) is 1. The number of hydrogen-bond acceptors (Lipinski definition) is 2. The summed E-state index contributed by atoms with van der Waals surface area (Å²) in [5, 5.41) is 4.31. The molecule has 1 aliphatic heterocycles. The van der Waals surface area contributed by atoms with Gasteiger partial charge in [-0.25, -0.2) is 0 Å². The summed E-state index contributed by atoms with van der Waals surface area (Å²) in [7, 11) is 0. The topological polar surface area (TPSA) is 18.5 Å². The lowest BCUT2D eigenvalue weighted by Gasteiger charge is -2.41. The Bertz CT molecular complexity index is 529. The maximum absolute atomic E-state index is 5.65. The number of rotatable bonds is 5. The fourth-order valence-electron chi connectivity index (χ4n) is 4.07. The Hall–Kier alpha value is -1.13. The largest absolute Gasteiger partial charge is 0.346 e. The highest BCUT2D eigenvalue weighted by Crippen LogP contribution is 2.23. The average Bonchev–Trinajstić information content (AvgIpc) is 2.68. The van der Waals surface area contributed by atoms with Gasteiger partial charge in [-0.1, -0.05) is 44.7 Å². The molecule has 1 aliphatic carbocycles. The van der Waals surface area contributed by atoms with Gasteiger partial charge in [0, 0.05) is 37.9 Å². The molecule has 1 saturated carbocycles. The van der Waals surface area contributed by atoms with E-state index in [1.807, 2.05) is 0 Å². The number of unbranched alkanes of at least 4 members (excludes halogenated alkanes) is 1. The molecule has 0 atom stereocenters. The molecule has 1 aromatic rings. The Balaban J connectivity index is 1.44. The molecule has 0 bridgehead atoms. The predicted molar refractivity (Wildman–Crippen MR) is 111 cm³/mol. The van der Waals surface area contributed by atoms with Crippen molar-refractivity contribution >= 4 is 23.0 Å². The van der Waals surface area contributed by atoms with Gasteiger partial charge < -0.3 is 10.2 Å². The molecule has 1 saturated heterocycles. The molecule has 1 heterocycles. The third kappa shape index (κ3) is 5.42. The van der Waals surface area contributed by atoms with Crippen LogP contribution in [0.25, 0.3) is 0 Å². The van der Waals surface area contributed by atoms with Crippen LogP contribution in [-0.2, 0) is 6.42 Å². The van der Waals surface area contributed by atoms with Crippen LogP contribution in [0.2, 0.25) is 0 Å². The van der Waals surface area contributed by atoms with Crippen LogP contribution in [-0.4, -0.2) is 47.1 Å². The first kappa shape index (κ1) is 18.7. The zero-order valence-electron chi connectivity index (χ0n) is 15.7. The van der Waals surface area contributed by atoms with E-state index in [0.29, 0.717) is 0 Å². The van der Waals surface area contributed by atoms with Crippen molar-refractivity contribution in [3.05, 3.63) is 29.8 Å². The summed E-state index contributed by atoms with van der Waals surface area (Å²) in [6.07, 6.45) is 10.7. The minimum atomic E-state index is 0.827. The standard InChI is InChI=1S/C21H33N3S/c1-2-3-7-18-10-12-19(13-11-18)22-21(25)24-16-14-23(15-17-24)20-8-5-4-6-9-20/h10-13,20H,2-9,14-17H2,1H3,(H,22,25). The molecular formula is C21H33N3S. The molecule has 138 valence electrons. The van der Waals surface area contributed by atoms with Crippen LogP contribution in [0.5, 0.6) is 0 Å². The highest BCUT2D eigenvalue weighted by Gasteiger charge is 2.25. The quantitative estimate of drug-likeness (QED) is 0.769. The summed E-state index contributed by atoms with van der Waals surface area (Å²) < 4.78 is 0. The van der Waals surface area contributed by atoms with E-state index >= 15 is 0 Å². The van der Waals surface area contributed by atoms with Crippen molar-refractivity contribution in [2.45, 2.75) is 64.3 Å². The van der Waals surface area contributed by atoms with E-state index in [2.05, 4.69) is 46.3 Å². The van der Waals surface area contributed by atoms with Crippen molar-refractivity contribution in [3.63, 3.8) is 0 Å². The summed E-state index contributed by atoms with van der Waals surface area (Å²) in [5.74, 6) is 0. The van der Waals surface area contributed by atoms with E-state index < -0.39 is 0 Å². The van der Waals surface area contributed by atoms with Crippen molar-refractivity contribution in [2.24, 2.45) is 0 Å². The lowest BCUT2D eigenvalue weighted by molar-refractivity contribution is 0.108. The van der Waals surface area contributed by atoms with Crippen LogP contribution in [0, 0.1) is 0 Å². The average molecular weight is 360 g/mol. The first-order valence-corrected chi connectivity index (χ1v) is 10.6. The smallest absolute Gasteiger partial charge is 0.173 e. The fraction of sp³-hybridized carbons (Fsp3) is 0.667. The predicted octanol–water partition coefficient (Wildman–Crippen LogP) is 4.68. The molecule has 2 aliphatic rings. The maximum Gasteiger partial charge on any atom is 0.173 e. The van der Waals surface area contributed by atoms with Gasteiger partial charge in [0.25, 0.3) is 0 Å². The molecule has 3 rings (SSSR count). The van der Waals surface area contributed by atoms with Gasteiger partial charge in [0.2, 0.25) is 0 Å². The van der Waals surface area contributed by atoms with Gasteiger partial charge in [0.1, 0.15) is 0 Å². The number of anilines is 1. The Morgan fingerprint density at radius 3 is 2.36 bits per heavy atom. The fourth-order valence-corrected chi connectivity index (χ4v) is 4.37. The lowest BCUT2D eigenvalue weighted by atomic mass is 9.94. The summed E-state index contributed by atoms with van der Waals surface area (Å²) >= 11 is 5.65. The van der Waals surface area contributed by atoms with Gasteiger partial charge >= 0.3 is 0 Å². The van der Waals surface area contributed by atoms with Crippen LogP contribution in [0.4, 0.5) is 5.69 Å². The van der Waals surface area contributed by atoms with Gasteiger partial charge in [-0.2, -0.15) is 0 Å². The highest BCUT2D eigenvalue weighted by molar-refractivity contribution is 7.80. The van der Waals surface area contributed by atoms with Crippen molar-refractivity contribution in [2.75, 3.05) is 31.5 Å². The van der Waals surface area contributed by atoms with Crippen molar-refractivity contribution < 1.29 is 0 Å². The van der Waals surface area contributed by atoms with Crippen LogP contribution in [0.3, 0.4) is 0 Å². The van der Waals surface area contributed by atoms with Crippen LogP contribution >= 0.6 is 12.2 Å². The second kappa shape index (κ2) is 9.54. The van der Waals surface area contributed by atoms with Gasteiger partial charge in [-0.05, 0) is 55.6 Å². The van der Waals surface area contributed by atoms with Crippen molar-refractivity contribution in [1.29, 1.82) is 0 Å². The molecule has 4 heteroatoms. The minimum Gasteiger partial charge on any atom is -0.346 e. The number of nitrogens with zero attached hydrogens (tertiary/aromatic N) is 2. The lowest BCUT2D eigenvalue weighted by Crippen LogP contribution is -2.53. The molecule has 0 amide bonds. The third-order valence-electron chi connectivity index (χ3n) is 5.72. The van der Waals surface area contributed by atoms with E-state index in [4.69, 9.17) is 12.2 Å². The summed E-state index contributed by atoms with van der Waals surface area (Å²) in [6.45, 7) is 6.65. The van der Waals surface area contributed by atoms with Crippen molar-refractivity contribution in [1.82, 2.24) is 9.80 Å². The normalized spacial score (nSPS) is 19.8. The van der Waals surface area contributed by atoms with Gasteiger partial charge in [0.05, 0.1) is 0 Å².